The second kappa shape index (κ2) is 6.79. The molecule has 0 atom stereocenters. The highest BCUT2D eigenvalue weighted by Crippen LogP contribution is 2.14. The first-order valence-corrected chi connectivity index (χ1v) is 7.92. The van der Waals surface area contributed by atoms with Crippen molar-refractivity contribution in [1.29, 1.82) is 0 Å². The van der Waals surface area contributed by atoms with Crippen molar-refractivity contribution in [2.75, 3.05) is 13.1 Å². The summed E-state index contributed by atoms with van der Waals surface area (Å²) in [7, 11) is 0. The van der Waals surface area contributed by atoms with Gasteiger partial charge in [0.2, 0.25) is 0 Å². The van der Waals surface area contributed by atoms with Crippen LogP contribution in [0.1, 0.15) is 17.4 Å². The number of nitrogens with zero attached hydrogens (tertiary/aromatic N) is 6. The first-order valence-electron chi connectivity index (χ1n) is 7.92. The lowest BCUT2D eigenvalue weighted by Crippen LogP contribution is -2.26. The zero-order valence-corrected chi connectivity index (χ0v) is 13.2. The fourth-order valence-corrected chi connectivity index (χ4v) is 2.82. The molecule has 0 fully saturated rings. The third-order valence-electron chi connectivity index (χ3n) is 4.06. The number of aromatic nitrogens is 5. The van der Waals surface area contributed by atoms with E-state index in [9.17, 15) is 0 Å². The first kappa shape index (κ1) is 14.8. The smallest absolute Gasteiger partial charge is 0.171 e. The van der Waals surface area contributed by atoms with Gasteiger partial charge in [0.25, 0.3) is 0 Å². The van der Waals surface area contributed by atoms with E-state index >= 15 is 0 Å². The van der Waals surface area contributed by atoms with Crippen molar-refractivity contribution in [3.8, 4) is 5.75 Å². The van der Waals surface area contributed by atoms with Gasteiger partial charge in [-0.1, -0.05) is 0 Å². The average molecular weight is 326 g/mol. The molecular weight excluding hydrogens is 308 g/mol. The van der Waals surface area contributed by atoms with Crippen LogP contribution in [0, 0.1) is 0 Å². The van der Waals surface area contributed by atoms with Gasteiger partial charge in [0, 0.05) is 26.1 Å². The van der Waals surface area contributed by atoms with Gasteiger partial charge in [-0.15, -0.1) is 10.2 Å². The molecule has 0 unspecified atom stereocenters. The number of furan rings is 1. The largest absolute Gasteiger partial charge is 0.482 e. The zero-order chi connectivity index (χ0) is 16.2. The Balaban J connectivity index is 1.40. The Morgan fingerprint density at radius 1 is 1.12 bits per heavy atom. The molecule has 0 N–H and O–H groups in total. The van der Waals surface area contributed by atoms with Gasteiger partial charge in [-0.05, 0) is 12.1 Å². The van der Waals surface area contributed by atoms with Crippen LogP contribution in [-0.4, -0.2) is 42.7 Å². The Morgan fingerprint density at radius 2 is 2.04 bits per heavy atom. The van der Waals surface area contributed by atoms with Crippen LogP contribution < -0.4 is 4.74 Å². The third-order valence-corrected chi connectivity index (χ3v) is 4.06. The van der Waals surface area contributed by atoms with Crippen molar-refractivity contribution in [1.82, 2.24) is 29.6 Å². The summed E-state index contributed by atoms with van der Waals surface area (Å²) < 4.78 is 13.3. The molecule has 0 radical (unpaired) electrons. The highest BCUT2D eigenvalue weighted by Gasteiger charge is 2.19. The summed E-state index contributed by atoms with van der Waals surface area (Å²) >= 11 is 0. The average Bonchev–Trinajstić information content (AvgIpc) is 3.21. The SMILES string of the molecule is c1coc(CN2CCc3nnc(COc4cncnc4)n3CC2)c1. The third kappa shape index (κ3) is 3.28. The monoisotopic (exact) mass is 326 g/mol. The molecular formula is C16H18N6O2. The molecule has 8 nitrogen and oxygen atoms in total. The van der Waals surface area contributed by atoms with E-state index in [1.165, 1.54) is 6.33 Å². The number of hydrogen-bond donors (Lipinski definition) is 0. The Morgan fingerprint density at radius 3 is 2.88 bits per heavy atom. The molecule has 24 heavy (non-hydrogen) atoms. The summed E-state index contributed by atoms with van der Waals surface area (Å²) in [5.74, 6) is 3.44. The number of ether oxygens (including phenoxy) is 1. The Labute approximate surface area is 139 Å². The van der Waals surface area contributed by atoms with Crippen LogP contribution in [-0.2, 0) is 26.1 Å². The van der Waals surface area contributed by atoms with Gasteiger partial charge in [-0.2, -0.15) is 0 Å². The molecule has 124 valence electrons. The molecule has 3 aromatic rings. The molecule has 0 amide bonds. The van der Waals surface area contributed by atoms with E-state index in [0.29, 0.717) is 12.4 Å². The maximum Gasteiger partial charge on any atom is 0.171 e. The summed E-state index contributed by atoms with van der Waals surface area (Å²) in [5.41, 5.74) is 0. The minimum atomic E-state index is 0.360. The van der Waals surface area contributed by atoms with Crippen LogP contribution in [0.3, 0.4) is 0 Å². The molecule has 4 heterocycles. The van der Waals surface area contributed by atoms with Gasteiger partial charge < -0.3 is 13.7 Å². The normalized spacial score (nSPS) is 15.0. The zero-order valence-electron chi connectivity index (χ0n) is 13.2. The fourth-order valence-electron chi connectivity index (χ4n) is 2.82. The van der Waals surface area contributed by atoms with E-state index in [4.69, 9.17) is 9.15 Å². The maximum atomic E-state index is 5.69. The highest BCUT2D eigenvalue weighted by atomic mass is 16.5. The lowest BCUT2D eigenvalue weighted by Gasteiger charge is -2.17. The van der Waals surface area contributed by atoms with Crippen molar-refractivity contribution in [2.24, 2.45) is 0 Å². The van der Waals surface area contributed by atoms with Crippen LogP contribution in [0.2, 0.25) is 0 Å². The lowest BCUT2D eigenvalue weighted by atomic mass is 10.3. The van der Waals surface area contributed by atoms with Gasteiger partial charge in [0.15, 0.2) is 11.6 Å². The highest BCUT2D eigenvalue weighted by molar-refractivity contribution is 5.10. The minimum absolute atomic E-state index is 0.360. The molecule has 4 rings (SSSR count). The van der Waals surface area contributed by atoms with Crippen LogP contribution in [0.25, 0.3) is 0 Å². The number of hydrogen-bond acceptors (Lipinski definition) is 7. The number of fused-ring (bicyclic) bond motifs is 1. The molecule has 0 saturated heterocycles. The predicted molar refractivity (Wildman–Crippen MR) is 84.1 cm³/mol. The Bertz CT molecular complexity index is 771. The summed E-state index contributed by atoms with van der Waals surface area (Å²) in [5, 5.41) is 8.58. The van der Waals surface area contributed by atoms with Crippen LogP contribution >= 0.6 is 0 Å². The topological polar surface area (TPSA) is 82.1 Å². The van der Waals surface area contributed by atoms with Gasteiger partial charge >= 0.3 is 0 Å². The second-order valence-electron chi connectivity index (χ2n) is 5.65. The standard InChI is InChI=1S/C16H18N6O2/c1-2-13(23-7-1)10-21-4-3-15-19-20-16(22(15)6-5-21)11-24-14-8-17-12-18-9-14/h1-2,7-9,12H,3-6,10-11H2. The van der Waals surface area contributed by atoms with Gasteiger partial charge in [-0.3, -0.25) is 4.90 Å². The van der Waals surface area contributed by atoms with E-state index in [1.807, 2.05) is 12.1 Å². The summed E-state index contributed by atoms with van der Waals surface area (Å²) in [6.45, 7) is 3.88. The molecule has 8 heteroatoms. The van der Waals surface area contributed by atoms with Crippen LogP contribution in [0.15, 0.2) is 41.5 Å². The second-order valence-corrected chi connectivity index (χ2v) is 5.65. The van der Waals surface area contributed by atoms with E-state index in [1.54, 1.807) is 18.7 Å². The molecule has 0 bridgehead atoms. The molecule has 3 aromatic heterocycles. The van der Waals surface area contributed by atoms with Gasteiger partial charge in [-0.25, -0.2) is 9.97 Å². The van der Waals surface area contributed by atoms with E-state index in [0.717, 1.165) is 50.0 Å². The van der Waals surface area contributed by atoms with Gasteiger partial charge in [0.05, 0.1) is 25.2 Å². The summed E-state index contributed by atoms with van der Waals surface area (Å²) in [6.07, 6.45) is 7.33. The van der Waals surface area contributed by atoms with Crippen LogP contribution in [0.4, 0.5) is 0 Å². The van der Waals surface area contributed by atoms with Crippen molar-refractivity contribution in [3.63, 3.8) is 0 Å². The molecule has 0 aliphatic carbocycles. The van der Waals surface area contributed by atoms with E-state index in [-0.39, 0.29) is 0 Å². The predicted octanol–water partition coefficient (Wildman–Crippen LogP) is 1.30. The maximum absolute atomic E-state index is 5.69. The molecule has 0 saturated carbocycles. The molecule has 1 aliphatic heterocycles. The molecule has 0 aromatic carbocycles. The Hall–Kier alpha value is -2.74. The quantitative estimate of drug-likeness (QED) is 0.699. The first-order chi connectivity index (χ1) is 11.9. The number of rotatable bonds is 5. The summed E-state index contributed by atoms with van der Waals surface area (Å²) in [4.78, 5) is 10.2. The minimum Gasteiger partial charge on any atom is -0.482 e. The lowest BCUT2D eigenvalue weighted by molar-refractivity contribution is 0.244. The van der Waals surface area contributed by atoms with Crippen molar-refractivity contribution in [2.45, 2.75) is 26.1 Å². The van der Waals surface area contributed by atoms with E-state index in [2.05, 4.69) is 29.6 Å². The van der Waals surface area contributed by atoms with Crippen molar-refractivity contribution < 1.29 is 9.15 Å². The fraction of sp³-hybridized carbons (Fsp3) is 0.375. The van der Waals surface area contributed by atoms with E-state index < -0.39 is 0 Å². The van der Waals surface area contributed by atoms with Crippen molar-refractivity contribution in [3.05, 3.63) is 54.5 Å². The molecule has 0 spiro atoms. The Kier molecular flexibility index (Phi) is 4.20. The summed E-state index contributed by atoms with van der Waals surface area (Å²) in [6, 6.07) is 3.93. The van der Waals surface area contributed by atoms with Gasteiger partial charge in [0.1, 0.15) is 24.5 Å². The molecule has 1 aliphatic rings. The van der Waals surface area contributed by atoms with Crippen molar-refractivity contribution >= 4 is 0 Å². The van der Waals surface area contributed by atoms with Crippen LogP contribution in [0.5, 0.6) is 5.75 Å².